The van der Waals surface area contributed by atoms with Crippen LogP contribution in [0.1, 0.15) is 39.5 Å². The van der Waals surface area contributed by atoms with Crippen LogP contribution >= 0.6 is 0 Å². The largest absolute Gasteiger partial charge is 0.480 e. The van der Waals surface area contributed by atoms with Gasteiger partial charge in [-0.2, -0.15) is 0 Å². The number of rotatable bonds is 9. The van der Waals surface area contributed by atoms with Crippen molar-refractivity contribution in [1.29, 1.82) is 0 Å². The summed E-state index contributed by atoms with van der Waals surface area (Å²) in [6, 6.07) is 0.0787. The molecular weight excluding hydrogens is 292 g/mol. The van der Waals surface area contributed by atoms with Crippen LogP contribution in [-0.2, 0) is 14.6 Å². The predicted molar refractivity (Wildman–Crippen MR) is 83.3 cm³/mol. The fraction of sp³-hybridized carbons (Fsp3) is 0.929. The average molecular weight is 320 g/mol. The molecule has 1 saturated heterocycles. The van der Waals surface area contributed by atoms with Gasteiger partial charge < -0.3 is 15.3 Å². The van der Waals surface area contributed by atoms with Crippen LogP contribution in [0.2, 0.25) is 0 Å². The molecule has 21 heavy (non-hydrogen) atoms. The van der Waals surface area contributed by atoms with Crippen LogP contribution in [0.3, 0.4) is 0 Å². The Bertz CT molecular complexity index is 452. The monoisotopic (exact) mass is 320 g/mol. The van der Waals surface area contributed by atoms with E-state index in [-0.39, 0.29) is 17.5 Å². The molecule has 2 N–H and O–H groups in total. The number of nitrogens with one attached hydrogen (secondary N) is 1. The van der Waals surface area contributed by atoms with Crippen LogP contribution in [0.25, 0.3) is 0 Å². The van der Waals surface area contributed by atoms with E-state index >= 15 is 0 Å². The van der Waals surface area contributed by atoms with E-state index in [4.69, 9.17) is 0 Å². The van der Waals surface area contributed by atoms with Crippen molar-refractivity contribution in [3.8, 4) is 0 Å². The Morgan fingerprint density at radius 1 is 1.43 bits per heavy atom. The zero-order valence-electron chi connectivity index (χ0n) is 13.3. The first-order chi connectivity index (χ1) is 9.76. The van der Waals surface area contributed by atoms with Gasteiger partial charge in [-0.15, -0.1) is 0 Å². The Morgan fingerprint density at radius 2 is 2.10 bits per heavy atom. The molecule has 0 spiro atoms. The number of aliphatic carboxylic acids is 1. The highest BCUT2D eigenvalue weighted by atomic mass is 32.2. The second-order valence-corrected chi connectivity index (χ2v) is 8.14. The van der Waals surface area contributed by atoms with Gasteiger partial charge in [0.05, 0.1) is 11.5 Å². The van der Waals surface area contributed by atoms with Gasteiger partial charge in [0.1, 0.15) is 5.54 Å². The van der Waals surface area contributed by atoms with Crippen LogP contribution in [-0.4, -0.2) is 67.6 Å². The van der Waals surface area contributed by atoms with Crippen molar-refractivity contribution < 1.29 is 18.3 Å². The smallest absolute Gasteiger partial charge is 0.323 e. The van der Waals surface area contributed by atoms with E-state index in [1.165, 1.54) is 0 Å². The van der Waals surface area contributed by atoms with Crippen molar-refractivity contribution in [3.63, 3.8) is 0 Å². The molecule has 0 amide bonds. The summed E-state index contributed by atoms with van der Waals surface area (Å²) in [5.74, 6) is -0.305. The molecule has 1 aliphatic rings. The lowest BCUT2D eigenvalue weighted by molar-refractivity contribution is -0.145. The average Bonchev–Trinajstić information content (AvgIpc) is 2.77. The number of nitrogens with zero attached hydrogens (tertiary/aromatic N) is 1. The number of hydrogen-bond donors (Lipinski definition) is 2. The highest BCUT2D eigenvalue weighted by Crippen LogP contribution is 2.20. The third kappa shape index (κ3) is 4.93. The summed E-state index contributed by atoms with van der Waals surface area (Å²) in [4.78, 5) is 13.6. The normalized spacial score (nSPS) is 24.1. The van der Waals surface area contributed by atoms with Gasteiger partial charge in [-0.25, -0.2) is 8.42 Å². The molecule has 0 radical (unpaired) electrons. The van der Waals surface area contributed by atoms with Crippen LogP contribution < -0.4 is 5.32 Å². The first-order valence-corrected chi connectivity index (χ1v) is 9.47. The van der Waals surface area contributed by atoms with Gasteiger partial charge >= 0.3 is 5.97 Å². The lowest BCUT2D eigenvalue weighted by atomic mass is 9.90. The molecule has 1 aliphatic heterocycles. The number of likely N-dealkylation sites (N-methyl/N-ethyl adjacent to an activating group) is 1. The van der Waals surface area contributed by atoms with Crippen LogP contribution in [0.15, 0.2) is 0 Å². The Kier molecular flexibility index (Phi) is 6.62. The molecule has 0 aromatic heterocycles. The second kappa shape index (κ2) is 7.56. The zero-order valence-corrected chi connectivity index (χ0v) is 14.1. The SMILES string of the molecule is CCNC(CC)(CCCN(C)C1CCS(=O)(=O)C1)C(=O)O. The first kappa shape index (κ1) is 18.4. The van der Waals surface area contributed by atoms with Crippen molar-refractivity contribution in [2.24, 2.45) is 0 Å². The molecule has 7 heteroatoms. The first-order valence-electron chi connectivity index (χ1n) is 7.65. The van der Waals surface area contributed by atoms with E-state index in [0.717, 1.165) is 13.0 Å². The minimum absolute atomic E-state index is 0.0787. The molecule has 6 nitrogen and oxygen atoms in total. The predicted octanol–water partition coefficient (Wildman–Crippen LogP) is 0.728. The van der Waals surface area contributed by atoms with Gasteiger partial charge in [0.25, 0.3) is 0 Å². The van der Waals surface area contributed by atoms with E-state index in [1.807, 2.05) is 20.9 Å². The fourth-order valence-corrected chi connectivity index (χ4v) is 4.80. The lowest BCUT2D eigenvalue weighted by Crippen LogP contribution is -2.52. The van der Waals surface area contributed by atoms with Gasteiger partial charge in [-0.3, -0.25) is 4.79 Å². The third-order valence-corrected chi connectivity index (χ3v) is 6.22. The molecule has 1 fully saturated rings. The minimum atomic E-state index is -2.87. The number of carboxylic acid groups (broad SMARTS) is 1. The third-order valence-electron chi connectivity index (χ3n) is 4.47. The maximum atomic E-state index is 11.5. The highest BCUT2D eigenvalue weighted by Gasteiger charge is 2.36. The summed E-state index contributed by atoms with van der Waals surface area (Å²) < 4.78 is 23.0. The number of hydrogen-bond acceptors (Lipinski definition) is 5. The molecule has 2 unspecified atom stereocenters. The van der Waals surface area contributed by atoms with E-state index in [9.17, 15) is 18.3 Å². The Hall–Kier alpha value is -0.660. The minimum Gasteiger partial charge on any atom is -0.480 e. The molecule has 2 atom stereocenters. The van der Waals surface area contributed by atoms with Crippen molar-refractivity contribution in [1.82, 2.24) is 10.2 Å². The molecule has 0 aromatic carbocycles. The number of carboxylic acids is 1. The standard InChI is InChI=1S/C14H28N2O4S/c1-4-14(13(17)18,15-5-2)8-6-9-16(3)12-7-10-21(19,20)11-12/h12,15H,4-11H2,1-3H3,(H,17,18). The Morgan fingerprint density at radius 3 is 2.52 bits per heavy atom. The molecule has 0 aliphatic carbocycles. The van der Waals surface area contributed by atoms with Crippen LogP contribution in [0.4, 0.5) is 0 Å². The van der Waals surface area contributed by atoms with Crippen molar-refractivity contribution in [3.05, 3.63) is 0 Å². The molecule has 0 saturated carbocycles. The van der Waals surface area contributed by atoms with E-state index in [0.29, 0.717) is 25.8 Å². The van der Waals surface area contributed by atoms with Gasteiger partial charge in [0, 0.05) is 6.04 Å². The van der Waals surface area contributed by atoms with Crippen molar-refractivity contribution in [2.75, 3.05) is 31.6 Å². The quantitative estimate of drug-likeness (QED) is 0.651. The molecular formula is C14H28N2O4S. The van der Waals surface area contributed by atoms with E-state index < -0.39 is 21.3 Å². The summed E-state index contributed by atoms with van der Waals surface area (Å²) in [6.07, 6.45) is 2.51. The molecule has 124 valence electrons. The maximum absolute atomic E-state index is 11.5. The zero-order chi connectivity index (χ0) is 16.1. The van der Waals surface area contributed by atoms with E-state index in [1.54, 1.807) is 0 Å². The topological polar surface area (TPSA) is 86.7 Å². The van der Waals surface area contributed by atoms with Crippen molar-refractivity contribution in [2.45, 2.75) is 51.1 Å². The van der Waals surface area contributed by atoms with Crippen molar-refractivity contribution >= 4 is 15.8 Å². The van der Waals surface area contributed by atoms with Gasteiger partial charge in [-0.1, -0.05) is 13.8 Å². The van der Waals surface area contributed by atoms with Gasteiger partial charge in [0.2, 0.25) is 0 Å². The maximum Gasteiger partial charge on any atom is 0.323 e. The summed E-state index contributed by atoms with van der Waals surface area (Å²) >= 11 is 0. The fourth-order valence-electron chi connectivity index (χ4n) is 3.00. The Balaban J connectivity index is 2.49. The molecule has 0 aromatic rings. The van der Waals surface area contributed by atoms with Crippen LogP contribution in [0.5, 0.6) is 0 Å². The Labute approximate surface area is 127 Å². The lowest BCUT2D eigenvalue weighted by Gasteiger charge is -2.30. The molecule has 1 rings (SSSR count). The van der Waals surface area contributed by atoms with E-state index in [2.05, 4.69) is 10.2 Å². The summed E-state index contributed by atoms with van der Waals surface area (Å²) in [5, 5.41) is 12.5. The second-order valence-electron chi connectivity index (χ2n) is 5.91. The molecule has 0 bridgehead atoms. The highest BCUT2D eigenvalue weighted by molar-refractivity contribution is 7.91. The number of carbonyl (C=O) groups is 1. The number of sulfone groups is 1. The van der Waals surface area contributed by atoms with Gasteiger partial charge in [-0.05, 0) is 45.8 Å². The summed E-state index contributed by atoms with van der Waals surface area (Å²) in [5.41, 5.74) is -0.864. The van der Waals surface area contributed by atoms with Gasteiger partial charge in [0.15, 0.2) is 9.84 Å². The summed E-state index contributed by atoms with van der Waals surface area (Å²) in [6.45, 7) is 5.13. The molecule has 1 heterocycles. The van der Waals surface area contributed by atoms with Crippen LogP contribution in [0, 0.1) is 0 Å². The summed E-state index contributed by atoms with van der Waals surface area (Å²) in [7, 11) is -0.945.